The first-order valence-corrected chi connectivity index (χ1v) is 4.45. The van der Waals surface area contributed by atoms with Crippen molar-refractivity contribution >= 4 is 0 Å². The van der Waals surface area contributed by atoms with Crippen molar-refractivity contribution in [1.29, 1.82) is 5.26 Å². The Morgan fingerprint density at radius 1 is 1.06 bits per heavy atom. The predicted molar refractivity (Wildman–Crippen MR) is 58.8 cm³/mol. The van der Waals surface area contributed by atoms with Gasteiger partial charge in [0.1, 0.15) is 0 Å². The summed E-state index contributed by atoms with van der Waals surface area (Å²) in [6.07, 6.45) is 1.29. The molecule has 2 N–H and O–H groups in total. The molecule has 5 heteroatoms. The zero-order chi connectivity index (χ0) is 11.8. The molecule has 1 aromatic heterocycles. The van der Waals surface area contributed by atoms with E-state index in [9.17, 15) is 9.59 Å². The number of hydrogen-bond acceptors (Lipinski definition) is 3. The summed E-state index contributed by atoms with van der Waals surface area (Å²) >= 11 is 0. The minimum absolute atomic E-state index is 0.381. The number of rotatable bonds is 0. The normalized spacial score (nSPS) is 8.44. The van der Waals surface area contributed by atoms with Crippen molar-refractivity contribution in [2.24, 2.45) is 0 Å². The van der Waals surface area contributed by atoms with Gasteiger partial charge in [0.15, 0.2) is 0 Å². The number of H-pyrrole nitrogens is 2. The smallest absolute Gasteiger partial charge is 0.314 e. The van der Waals surface area contributed by atoms with Crippen LogP contribution >= 0.6 is 0 Å². The van der Waals surface area contributed by atoms with Crippen molar-refractivity contribution in [3.05, 3.63) is 69.0 Å². The van der Waals surface area contributed by atoms with Gasteiger partial charge in [-0.25, -0.2) is 4.79 Å². The third kappa shape index (κ3) is 4.07. The average molecular weight is 215 g/mol. The maximum Gasteiger partial charge on any atom is 0.325 e. The van der Waals surface area contributed by atoms with E-state index in [-0.39, 0.29) is 5.56 Å². The van der Waals surface area contributed by atoms with Crippen molar-refractivity contribution in [3.8, 4) is 6.07 Å². The van der Waals surface area contributed by atoms with Gasteiger partial charge in [-0.3, -0.25) is 9.78 Å². The van der Waals surface area contributed by atoms with Gasteiger partial charge in [0.05, 0.1) is 11.6 Å². The van der Waals surface area contributed by atoms with Crippen LogP contribution in [0.25, 0.3) is 0 Å². The summed E-state index contributed by atoms with van der Waals surface area (Å²) < 4.78 is 0. The van der Waals surface area contributed by atoms with Crippen LogP contribution in [-0.2, 0) is 0 Å². The first-order valence-electron chi connectivity index (χ1n) is 4.45. The zero-order valence-electron chi connectivity index (χ0n) is 8.31. The number of aromatic amines is 2. The molecule has 2 rings (SSSR count). The fourth-order valence-corrected chi connectivity index (χ4v) is 0.895. The molecule has 1 heterocycles. The Balaban J connectivity index is 0.000000160. The lowest BCUT2D eigenvalue weighted by molar-refractivity contribution is 1.04. The van der Waals surface area contributed by atoms with Crippen molar-refractivity contribution in [3.63, 3.8) is 0 Å². The van der Waals surface area contributed by atoms with Gasteiger partial charge in [-0.15, -0.1) is 0 Å². The van der Waals surface area contributed by atoms with E-state index >= 15 is 0 Å². The highest BCUT2D eigenvalue weighted by atomic mass is 16.2. The fraction of sp³-hybridized carbons (Fsp3) is 0. The maximum absolute atomic E-state index is 10.2. The second kappa shape index (κ2) is 5.98. The second-order valence-corrected chi connectivity index (χ2v) is 2.77. The number of nitrogens with zero attached hydrogens (tertiary/aromatic N) is 1. The molecule has 0 atom stereocenters. The summed E-state index contributed by atoms with van der Waals surface area (Å²) in [6, 6.07) is 12.4. The van der Waals surface area contributed by atoms with Gasteiger partial charge >= 0.3 is 5.69 Å². The van der Waals surface area contributed by atoms with Gasteiger partial charge in [0.25, 0.3) is 5.56 Å². The Hall–Kier alpha value is -2.61. The highest BCUT2D eigenvalue weighted by Crippen LogP contribution is 1.93. The van der Waals surface area contributed by atoms with Crippen LogP contribution < -0.4 is 11.2 Å². The molecule has 0 radical (unpaired) electrons. The Kier molecular flexibility index (Phi) is 4.29. The molecule has 0 unspecified atom stereocenters. The Bertz CT molecular complexity index is 553. The van der Waals surface area contributed by atoms with E-state index in [4.69, 9.17) is 5.26 Å². The Labute approximate surface area is 91.0 Å². The largest absolute Gasteiger partial charge is 0.325 e. The Morgan fingerprint density at radius 3 is 2.12 bits per heavy atom. The number of aromatic nitrogens is 2. The van der Waals surface area contributed by atoms with Crippen molar-refractivity contribution < 1.29 is 0 Å². The molecule has 0 bridgehead atoms. The van der Waals surface area contributed by atoms with E-state index in [2.05, 4.69) is 4.98 Å². The SMILES string of the molecule is N#Cc1ccccc1.O=c1cc[nH]c(=O)[nH]1. The molecular formula is C11H9N3O2. The molecule has 0 saturated heterocycles. The summed E-state index contributed by atoms with van der Waals surface area (Å²) in [5.74, 6) is 0. The van der Waals surface area contributed by atoms with Crippen LogP contribution in [0.2, 0.25) is 0 Å². The number of hydrogen-bond donors (Lipinski definition) is 2. The lowest BCUT2D eigenvalue weighted by atomic mass is 10.2. The summed E-state index contributed by atoms with van der Waals surface area (Å²) in [5, 5.41) is 8.29. The molecule has 0 spiro atoms. The van der Waals surface area contributed by atoms with Crippen LogP contribution in [0.15, 0.2) is 52.2 Å². The highest BCUT2D eigenvalue weighted by molar-refractivity contribution is 5.27. The van der Waals surface area contributed by atoms with Gasteiger partial charge in [-0.05, 0) is 12.1 Å². The van der Waals surface area contributed by atoms with Gasteiger partial charge in [-0.1, -0.05) is 18.2 Å². The molecule has 0 aliphatic heterocycles. The molecule has 0 fully saturated rings. The first kappa shape index (κ1) is 11.5. The third-order valence-corrected chi connectivity index (χ3v) is 1.59. The summed E-state index contributed by atoms with van der Waals surface area (Å²) in [5.41, 5.74) is -0.140. The predicted octanol–water partition coefficient (Wildman–Crippen LogP) is 0.621. The molecule has 0 saturated carbocycles. The van der Waals surface area contributed by atoms with E-state index in [1.54, 1.807) is 12.1 Å². The quantitative estimate of drug-likeness (QED) is 0.675. The van der Waals surface area contributed by atoms with E-state index in [1.807, 2.05) is 29.3 Å². The molecule has 16 heavy (non-hydrogen) atoms. The second-order valence-electron chi connectivity index (χ2n) is 2.77. The van der Waals surface area contributed by atoms with Crippen LogP contribution in [0.5, 0.6) is 0 Å². The topological polar surface area (TPSA) is 89.5 Å². The van der Waals surface area contributed by atoms with Gasteiger partial charge < -0.3 is 4.98 Å². The van der Waals surface area contributed by atoms with Crippen LogP contribution in [0, 0.1) is 11.3 Å². The van der Waals surface area contributed by atoms with Crippen LogP contribution in [-0.4, -0.2) is 9.97 Å². The Morgan fingerprint density at radius 2 is 1.75 bits per heavy atom. The van der Waals surface area contributed by atoms with Crippen LogP contribution in [0.3, 0.4) is 0 Å². The van der Waals surface area contributed by atoms with Crippen LogP contribution in [0.4, 0.5) is 0 Å². The molecule has 2 aromatic rings. The summed E-state index contributed by atoms with van der Waals surface area (Å²) in [4.78, 5) is 24.7. The summed E-state index contributed by atoms with van der Waals surface area (Å²) in [6.45, 7) is 0. The lowest BCUT2D eigenvalue weighted by Gasteiger charge is -1.80. The van der Waals surface area contributed by atoms with E-state index < -0.39 is 5.69 Å². The van der Waals surface area contributed by atoms with Crippen molar-refractivity contribution in [2.75, 3.05) is 0 Å². The van der Waals surface area contributed by atoms with Crippen molar-refractivity contribution in [2.45, 2.75) is 0 Å². The number of nitriles is 1. The van der Waals surface area contributed by atoms with Crippen molar-refractivity contribution in [1.82, 2.24) is 9.97 Å². The number of benzene rings is 1. The van der Waals surface area contributed by atoms with E-state index in [0.29, 0.717) is 5.56 Å². The third-order valence-electron chi connectivity index (χ3n) is 1.59. The van der Waals surface area contributed by atoms with Gasteiger partial charge in [-0.2, -0.15) is 5.26 Å². The first-order chi connectivity index (χ1) is 7.72. The molecule has 80 valence electrons. The maximum atomic E-state index is 10.2. The molecule has 0 aliphatic carbocycles. The minimum Gasteiger partial charge on any atom is -0.314 e. The molecule has 0 amide bonds. The monoisotopic (exact) mass is 215 g/mol. The van der Waals surface area contributed by atoms with E-state index in [1.165, 1.54) is 12.3 Å². The molecular weight excluding hydrogens is 206 g/mol. The molecule has 5 nitrogen and oxygen atoms in total. The molecule has 1 aromatic carbocycles. The standard InChI is InChI=1S/C7H5N.C4H4N2O2/c8-6-7-4-2-1-3-5-7;7-3-1-2-5-4(8)6-3/h1-5H;1-2H,(H2,5,6,7,8). The lowest BCUT2D eigenvalue weighted by Crippen LogP contribution is -2.19. The van der Waals surface area contributed by atoms with Crippen LogP contribution in [0.1, 0.15) is 5.56 Å². The molecule has 0 aliphatic rings. The highest BCUT2D eigenvalue weighted by Gasteiger charge is 1.79. The minimum atomic E-state index is -0.475. The van der Waals surface area contributed by atoms with E-state index in [0.717, 1.165) is 0 Å². The van der Waals surface area contributed by atoms with Gasteiger partial charge in [0, 0.05) is 12.3 Å². The van der Waals surface area contributed by atoms with Gasteiger partial charge in [0.2, 0.25) is 0 Å². The zero-order valence-corrected chi connectivity index (χ0v) is 8.31. The number of nitrogens with one attached hydrogen (secondary N) is 2. The fourth-order valence-electron chi connectivity index (χ4n) is 0.895. The average Bonchev–Trinajstić information content (AvgIpc) is 2.31. The summed E-state index contributed by atoms with van der Waals surface area (Å²) in [7, 11) is 0.